The van der Waals surface area contributed by atoms with E-state index in [9.17, 15) is 4.79 Å². The number of nitrogens with one attached hydrogen (secondary N) is 2. The van der Waals surface area contributed by atoms with Crippen LogP contribution in [-0.2, 0) is 4.79 Å². The highest BCUT2D eigenvalue weighted by Crippen LogP contribution is 2.18. The van der Waals surface area contributed by atoms with Gasteiger partial charge < -0.3 is 5.32 Å². The SMILES string of the molecule is Cc1nnc(NC(=O)CCNC2CC2)nc1C. The molecule has 92 valence electrons. The number of amides is 1. The van der Waals surface area contributed by atoms with Crippen LogP contribution >= 0.6 is 0 Å². The van der Waals surface area contributed by atoms with Crippen LogP contribution in [-0.4, -0.2) is 33.7 Å². The number of carbonyl (C=O) groups is 1. The van der Waals surface area contributed by atoms with Crippen LogP contribution in [0.5, 0.6) is 0 Å². The fourth-order valence-corrected chi connectivity index (χ4v) is 1.37. The summed E-state index contributed by atoms with van der Waals surface area (Å²) in [5.41, 5.74) is 1.56. The van der Waals surface area contributed by atoms with E-state index in [1.54, 1.807) is 0 Å². The molecule has 1 aromatic heterocycles. The first-order chi connectivity index (χ1) is 8.15. The van der Waals surface area contributed by atoms with Crippen LogP contribution in [0.15, 0.2) is 0 Å². The number of nitrogens with zero attached hydrogens (tertiary/aromatic N) is 3. The van der Waals surface area contributed by atoms with Crippen molar-refractivity contribution in [1.82, 2.24) is 20.5 Å². The third-order valence-corrected chi connectivity index (χ3v) is 2.71. The maximum Gasteiger partial charge on any atom is 0.249 e. The molecule has 17 heavy (non-hydrogen) atoms. The van der Waals surface area contributed by atoms with Gasteiger partial charge >= 0.3 is 0 Å². The molecule has 0 aromatic carbocycles. The Morgan fingerprint density at radius 1 is 1.29 bits per heavy atom. The maximum atomic E-state index is 11.6. The third-order valence-electron chi connectivity index (χ3n) is 2.71. The van der Waals surface area contributed by atoms with Crippen LogP contribution in [0.25, 0.3) is 0 Å². The van der Waals surface area contributed by atoms with Gasteiger partial charge in [-0.25, -0.2) is 4.98 Å². The Kier molecular flexibility index (Phi) is 3.63. The van der Waals surface area contributed by atoms with Crippen LogP contribution in [0, 0.1) is 13.8 Å². The predicted molar refractivity (Wildman–Crippen MR) is 63.6 cm³/mol. The Labute approximate surface area is 100 Å². The number of aromatic nitrogens is 3. The topological polar surface area (TPSA) is 79.8 Å². The van der Waals surface area contributed by atoms with E-state index in [1.807, 2.05) is 13.8 Å². The number of hydrogen-bond acceptors (Lipinski definition) is 5. The van der Waals surface area contributed by atoms with E-state index in [0.29, 0.717) is 19.0 Å². The number of anilines is 1. The zero-order chi connectivity index (χ0) is 12.3. The van der Waals surface area contributed by atoms with E-state index in [-0.39, 0.29) is 11.9 Å². The van der Waals surface area contributed by atoms with Gasteiger partial charge in [0.25, 0.3) is 0 Å². The Balaban J connectivity index is 1.77. The highest BCUT2D eigenvalue weighted by Gasteiger charge is 2.20. The molecule has 0 bridgehead atoms. The Morgan fingerprint density at radius 2 is 2.06 bits per heavy atom. The van der Waals surface area contributed by atoms with Crippen LogP contribution in [0.4, 0.5) is 5.95 Å². The van der Waals surface area contributed by atoms with Gasteiger partial charge in [-0.15, -0.1) is 5.10 Å². The molecule has 0 unspecified atom stereocenters. The van der Waals surface area contributed by atoms with E-state index in [4.69, 9.17) is 0 Å². The van der Waals surface area contributed by atoms with Crippen molar-refractivity contribution in [3.05, 3.63) is 11.4 Å². The van der Waals surface area contributed by atoms with Gasteiger partial charge in [0.1, 0.15) is 0 Å². The van der Waals surface area contributed by atoms with Gasteiger partial charge in [-0.2, -0.15) is 5.10 Å². The molecule has 0 aliphatic heterocycles. The molecule has 0 radical (unpaired) electrons. The summed E-state index contributed by atoms with van der Waals surface area (Å²) in [6.07, 6.45) is 2.89. The lowest BCUT2D eigenvalue weighted by molar-refractivity contribution is -0.116. The van der Waals surface area contributed by atoms with Crippen molar-refractivity contribution in [1.29, 1.82) is 0 Å². The molecule has 6 nitrogen and oxygen atoms in total. The molecule has 1 heterocycles. The summed E-state index contributed by atoms with van der Waals surface area (Å²) in [7, 11) is 0. The molecule has 2 N–H and O–H groups in total. The summed E-state index contributed by atoms with van der Waals surface area (Å²) in [5, 5.41) is 13.6. The molecular weight excluding hydrogens is 218 g/mol. The minimum absolute atomic E-state index is 0.0804. The summed E-state index contributed by atoms with van der Waals surface area (Å²) in [6, 6.07) is 0.627. The summed E-state index contributed by atoms with van der Waals surface area (Å²) in [4.78, 5) is 15.7. The fraction of sp³-hybridized carbons (Fsp3) is 0.636. The first-order valence-corrected chi connectivity index (χ1v) is 5.86. The van der Waals surface area contributed by atoms with Gasteiger partial charge in [-0.1, -0.05) is 0 Å². The van der Waals surface area contributed by atoms with Gasteiger partial charge in [-0.05, 0) is 26.7 Å². The molecule has 0 atom stereocenters. The van der Waals surface area contributed by atoms with Crippen molar-refractivity contribution >= 4 is 11.9 Å². The lowest BCUT2D eigenvalue weighted by Crippen LogP contribution is -2.24. The van der Waals surface area contributed by atoms with Gasteiger partial charge in [0.05, 0.1) is 11.4 Å². The minimum atomic E-state index is -0.0804. The van der Waals surface area contributed by atoms with E-state index < -0.39 is 0 Å². The maximum absolute atomic E-state index is 11.6. The number of carbonyl (C=O) groups excluding carboxylic acids is 1. The van der Waals surface area contributed by atoms with Gasteiger partial charge in [-0.3, -0.25) is 10.1 Å². The molecule has 6 heteroatoms. The van der Waals surface area contributed by atoms with Crippen LogP contribution in [0.1, 0.15) is 30.7 Å². The standard InChI is InChI=1S/C11H17N5O/c1-7-8(2)15-16-11(13-7)14-10(17)5-6-12-9-3-4-9/h9,12H,3-6H2,1-2H3,(H,13,14,16,17). The fourth-order valence-electron chi connectivity index (χ4n) is 1.37. The molecule has 1 aliphatic rings. The number of hydrogen-bond donors (Lipinski definition) is 2. The van der Waals surface area contributed by atoms with Crippen LogP contribution in [0.2, 0.25) is 0 Å². The van der Waals surface area contributed by atoms with E-state index in [2.05, 4.69) is 25.8 Å². The average molecular weight is 235 g/mol. The van der Waals surface area contributed by atoms with Crippen LogP contribution < -0.4 is 10.6 Å². The summed E-state index contributed by atoms with van der Waals surface area (Å²) >= 11 is 0. The molecule has 1 aromatic rings. The summed E-state index contributed by atoms with van der Waals surface area (Å²) in [5.74, 6) is 0.202. The van der Waals surface area contributed by atoms with E-state index in [1.165, 1.54) is 12.8 Å². The summed E-state index contributed by atoms with van der Waals surface area (Å²) < 4.78 is 0. The smallest absolute Gasteiger partial charge is 0.249 e. The largest absolute Gasteiger partial charge is 0.313 e. The van der Waals surface area contributed by atoms with E-state index in [0.717, 1.165) is 11.4 Å². The molecule has 1 amide bonds. The van der Waals surface area contributed by atoms with Gasteiger partial charge in [0.2, 0.25) is 11.9 Å². The molecular formula is C11H17N5O. The second kappa shape index (κ2) is 5.18. The Morgan fingerprint density at radius 3 is 2.71 bits per heavy atom. The zero-order valence-corrected chi connectivity index (χ0v) is 10.2. The van der Waals surface area contributed by atoms with Crippen molar-refractivity contribution in [3.63, 3.8) is 0 Å². The molecule has 1 fully saturated rings. The first-order valence-electron chi connectivity index (χ1n) is 5.86. The lowest BCUT2D eigenvalue weighted by atomic mass is 10.4. The Hall–Kier alpha value is -1.56. The normalized spacial score (nSPS) is 14.7. The van der Waals surface area contributed by atoms with Crippen molar-refractivity contribution in [3.8, 4) is 0 Å². The lowest BCUT2D eigenvalue weighted by Gasteiger charge is -2.05. The van der Waals surface area contributed by atoms with Crippen molar-refractivity contribution < 1.29 is 4.79 Å². The van der Waals surface area contributed by atoms with E-state index >= 15 is 0 Å². The second-order valence-corrected chi connectivity index (χ2v) is 4.33. The van der Waals surface area contributed by atoms with Crippen molar-refractivity contribution in [2.24, 2.45) is 0 Å². The number of aryl methyl sites for hydroxylation is 2. The average Bonchev–Trinajstić information content (AvgIpc) is 3.07. The molecule has 1 aliphatic carbocycles. The second-order valence-electron chi connectivity index (χ2n) is 4.33. The minimum Gasteiger partial charge on any atom is -0.313 e. The quantitative estimate of drug-likeness (QED) is 0.780. The summed E-state index contributed by atoms with van der Waals surface area (Å²) in [6.45, 7) is 4.38. The van der Waals surface area contributed by atoms with Crippen LogP contribution in [0.3, 0.4) is 0 Å². The highest BCUT2D eigenvalue weighted by atomic mass is 16.1. The van der Waals surface area contributed by atoms with Crippen molar-refractivity contribution in [2.45, 2.75) is 39.2 Å². The Bertz CT molecular complexity index is 416. The van der Waals surface area contributed by atoms with Gasteiger partial charge in [0, 0.05) is 19.0 Å². The van der Waals surface area contributed by atoms with Gasteiger partial charge in [0.15, 0.2) is 0 Å². The first kappa shape index (κ1) is 11.9. The molecule has 0 saturated heterocycles. The monoisotopic (exact) mass is 235 g/mol. The highest BCUT2D eigenvalue weighted by molar-refractivity contribution is 5.88. The molecule has 0 spiro atoms. The third kappa shape index (κ3) is 3.74. The molecule has 2 rings (SSSR count). The number of rotatable bonds is 5. The zero-order valence-electron chi connectivity index (χ0n) is 10.2. The predicted octanol–water partition coefficient (Wildman–Crippen LogP) is 0.569. The van der Waals surface area contributed by atoms with Crippen molar-refractivity contribution in [2.75, 3.05) is 11.9 Å². The molecule has 1 saturated carbocycles.